The molecule has 0 heterocycles. The zero-order chi connectivity index (χ0) is 14.4. The Morgan fingerprint density at radius 3 is 2.75 bits per heavy atom. The minimum absolute atomic E-state index is 0.121. The minimum atomic E-state index is -1.06. The number of amides is 1. The number of aliphatic carboxylic acids is 1. The van der Waals surface area contributed by atoms with E-state index in [-0.39, 0.29) is 5.91 Å². The van der Waals surface area contributed by atoms with Crippen LogP contribution >= 0.6 is 0 Å². The highest BCUT2D eigenvalue weighted by Crippen LogP contribution is 2.23. The fourth-order valence-corrected chi connectivity index (χ4v) is 1.73. The van der Waals surface area contributed by atoms with Gasteiger partial charge in [0.15, 0.2) is 6.61 Å². The highest BCUT2D eigenvalue weighted by Gasteiger charge is 2.20. The molecule has 0 saturated heterocycles. The molecule has 0 bridgehead atoms. The predicted octanol–water partition coefficient (Wildman–Crippen LogP) is 1.23. The lowest BCUT2D eigenvalue weighted by Crippen LogP contribution is -2.23. The fraction of sp³-hybridized carbons (Fsp3) is 0.429. The number of hydrogen-bond donors (Lipinski definition) is 3. The second-order valence-electron chi connectivity index (χ2n) is 4.71. The van der Waals surface area contributed by atoms with Gasteiger partial charge in [0.05, 0.1) is 5.69 Å². The monoisotopic (exact) mass is 278 g/mol. The Bertz CT molecular complexity index is 486. The van der Waals surface area contributed by atoms with E-state index in [0.717, 1.165) is 0 Å². The molecule has 1 aromatic carbocycles. The number of rotatable bonds is 8. The van der Waals surface area contributed by atoms with Crippen molar-refractivity contribution < 1.29 is 19.4 Å². The highest BCUT2D eigenvalue weighted by molar-refractivity contribution is 5.92. The van der Waals surface area contributed by atoms with Crippen molar-refractivity contribution >= 4 is 17.6 Å². The molecule has 6 nitrogen and oxygen atoms in total. The largest absolute Gasteiger partial charge is 0.480 e. The van der Waals surface area contributed by atoms with Crippen LogP contribution in [0.15, 0.2) is 24.3 Å². The molecular formula is C14H18N2O4. The number of carboxylic acids is 1. The summed E-state index contributed by atoms with van der Waals surface area (Å²) in [7, 11) is 0. The van der Waals surface area contributed by atoms with Gasteiger partial charge in [-0.1, -0.05) is 12.1 Å². The van der Waals surface area contributed by atoms with Crippen molar-refractivity contribution in [2.45, 2.75) is 25.3 Å². The molecule has 1 amide bonds. The number of carboxylic acid groups (broad SMARTS) is 1. The van der Waals surface area contributed by atoms with Gasteiger partial charge in [0, 0.05) is 19.0 Å². The van der Waals surface area contributed by atoms with Gasteiger partial charge in [0.25, 0.3) is 0 Å². The van der Waals surface area contributed by atoms with Crippen LogP contribution in [0.1, 0.15) is 19.3 Å². The summed E-state index contributed by atoms with van der Waals surface area (Å²) in [5.74, 6) is -0.817. The van der Waals surface area contributed by atoms with Crippen LogP contribution in [0.2, 0.25) is 0 Å². The quantitative estimate of drug-likeness (QED) is 0.665. The fourth-order valence-electron chi connectivity index (χ4n) is 1.73. The maximum Gasteiger partial charge on any atom is 0.341 e. The Labute approximate surface area is 117 Å². The van der Waals surface area contributed by atoms with E-state index >= 15 is 0 Å². The van der Waals surface area contributed by atoms with E-state index in [2.05, 4.69) is 10.6 Å². The average molecular weight is 278 g/mol. The lowest BCUT2D eigenvalue weighted by Gasteiger charge is -2.11. The smallest absolute Gasteiger partial charge is 0.341 e. The van der Waals surface area contributed by atoms with Crippen molar-refractivity contribution in [2.24, 2.45) is 0 Å². The molecule has 1 fully saturated rings. The van der Waals surface area contributed by atoms with Crippen LogP contribution in [0.5, 0.6) is 5.75 Å². The Balaban J connectivity index is 1.83. The molecule has 0 spiro atoms. The van der Waals surface area contributed by atoms with E-state index in [1.165, 1.54) is 12.8 Å². The topological polar surface area (TPSA) is 87.7 Å². The Kier molecular flexibility index (Phi) is 4.95. The van der Waals surface area contributed by atoms with Crippen LogP contribution < -0.4 is 15.4 Å². The van der Waals surface area contributed by atoms with Gasteiger partial charge in [-0.05, 0) is 25.0 Å². The zero-order valence-electron chi connectivity index (χ0n) is 11.1. The van der Waals surface area contributed by atoms with Crippen molar-refractivity contribution in [3.8, 4) is 5.75 Å². The van der Waals surface area contributed by atoms with E-state index < -0.39 is 12.6 Å². The SMILES string of the molecule is O=C(O)COc1ccccc1NC(=O)CCNC1CC1. The number of anilines is 1. The molecule has 1 aliphatic rings. The third kappa shape index (κ3) is 4.89. The summed E-state index contributed by atoms with van der Waals surface area (Å²) in [5.41, 5.74) is 0.491. The van der Waals surface area contributed by atoms with Crippen molar-refractivity contribution in [3.63, 3.8) is 0 Å². The van der Waals surface area contributed by atoms with Crippen LogP contribution in [-0.4, -0.2) is 36.2 Å². The Morgan fingerprint density at radius 2 is 2.05 bits per heavy atom. The number of carbonyl (C=O) groups excluding carboxylic acids is 1. The first-order valence-corrected chi connectivity index (χ1v) is 6.62. The van der Waals surface area contributed by atoms with Gasteiger partial charge in [-0.15, -0.1) is 0 Å². The molecule has 1 aliphatic carbocycles. The lowest BCUT2D eigenvalue weighted by molar-refractivity contribution is -0.139. The maximum absolute atomic E-state index is 11.8. The number of ether oxygens (including phenoxy) is 1. The van der Waals surface area contributed by atoms with Crippen LogP contribution in [0, 0.1) is 0 Å². The van der Waals surface area contributed by atoms with Gasteiger partial charge in [-0.2, -0.15) is 0 Å². The van der Waals surface area contributed by atoms with E-state index in [1.807, 2.05) is 0 Å². The van der Waals surface area contributed by atoms with Gasteiger partial charge in [0.1, 0.15) is 5.75 Å². The number of nitrogens with one attached hydrogen (secondary N) is 2. The third-order valence-corrected chi connectivity index (χ3v) is 2.87. The van der Waals surface area contributed by atoms with Crippen LogP contribution in [0.3, 0.4) is 0 Å². The maximum atomic E-state index is 11.8. The van der Waals surface area contributed by atoms with Crippen molar-refractivity contribution in [1.29, 1.82) is 0 Å². The molecule has 0 radical (unpaired) electrons. The van der Waals surface area contributed by atoms with Gasteiger partial charge in [-0.25, -0.2) is 4.79 Å². The molecule has 1 aromatic rings. The van der Waals surface area contributed by atoms with Gasteiger partial charge in [0.2, 0.25) is 5.91 Å². The summed E-state index contributed by atoms with van der Waals surface area (Å²) in [6.07, 6.45) is 2.75. The summed E-state index contributed by atoms with van der Waals surface area (Å²) in [4.78, 5) is 22.3. The van der Waals surface area contributed by atoms with Crippen LogP contribution in [0.25, 0.3) is 0 Å². The zero-order valence-corrected chi connectivity index (χ0v) is 11.1. The second-order valence-corrected chi connectivity index (χ2v) is 4.71. The summed E-state index contributed by atoms with van der Waals surface area (Å²) in [6, 6.07) is 7.37. The van der Waals surface area contributed by atoms with Crippen LogP contribution in [-0.2, 0) is 9.59 Å². The van der Waals surface area contributed by atoms with E-state index in [0.29, 0.717) is 30.4 Å². The standard InChI is InChI=1S/C14H18N2O4/c17-13(7-8-15-10-5-6-10)16-11-3-1-2-4-12(11)20-9-14(18)19/h1-4,10,15H,5-9H2,(H,16,17)(H,18,19). The van der Waals surface area contributed by atoms with Gasteiger partial charge >= 0.3 is 5.97 Å². The second kappa shape index (κ2) is 6.91. The van der Waals surface area contributed by atoms with E-state index in [1.54, 1.807) is 24.3 Å². The summed E-state index contributed by atoms with van der Waals surface area (Å²) in [5, 5.41) is 14.6. The first-order chi connectivity index (χ1) is 9.65. The predicted molar refractivity (Wildman–Crippen MR) is 73.8 cm³/mol. The lowest BCUT2D eigenvalue weighted by atomic mass is 10.2. The first-order valence-electron chi connectivity index (χ1n) is 6.62. The molecule has 2 rings (SSSR count). The van der Waals surface area contributed by atoms with Crippen molar-refractivity contribution in [2.75, 3.05) is 18.5 Å². The molecule has 108 valence electrons. The molecule has 0 atom stereocenters. The van der Waals surface area contributed by atoms with E-state index in [4.69, 9.17) is 9.84 Å². The molecule has 0 aliphatic heterocycles. The normalized spacial score (nSPS) is 13.8. The highest BCUT2D eigenvalue weighted by atomic mass is 16.5. The average Bonchev–Trinajstić information content (AvgIpc) is 3.22. The number of para-hydroxylation sites is 2. The summed E-state index contributed by atoms with van der Waals surface area (Å²) in [6.45, 7) is 0.213. The Hall–Kier alpha value is -2.08. The number of hydrogen-bond acceptors (Lipinski definition) is 4. The van der Waals surface area contributed by atoms with Crippen molar-refractivity contribution in [3.05, 3.63) is 24.3 Å². The molecule has 0 unspecified atom stereocenters. The molecule has 1 saturated carbocycles. The number of carbonyl (C=O) groups is 2. The molecule has 6 heteroatoms. The first kappa shape index (κ1) is 14.3. The molecule has 3 N–H and O–H groups in total. The van der Waals surface area contributed by atoms with Gasteiger partial charge < -0.3 is 20.5 Å². The van der Waals surface area contributed by atoms with Gasteiger partial charge in [-0.3, -0.25) is 4.79 Å². The molecular weight excluding hydrogens is 260 g/mol. The molecule has 0 aromatic heterocycles. The minimum Gasteiger partial charge on any atom is -0.480 e. The van der Waals surface area contributed by atoms with E-state index in [9.17, 15) is 9.59 Å². The van der Waals surface area contributed by atoms with Crippen LogP contribution in [0.4, 0.5) is 5.69 Å². The Morgan fingerprint density at radius 1 is 1.30 bits per heavy atom. The number of benzene rings is 1. The summed E-state index contributed by atoms with van der Waals surface area (Å²) >= 11 is 0. The molecule has 20 heavy (non-hydrogen) atoms. The van der Waals surface area contributed by atoms with Crippen molar-refractivity contribution in [1.82, 2.24) is 5.32 Å². The third-order valence-electron chi connectivity index (χ3n) is 2.87. The summed E-state index contributed by atoms with van der Waals surface area (Å²) < 4.78 is 5.12.